The number of hydrogen-bond donors (Lipinski definition) is 1. The second-order valence-corrected chi connectivity index (χ2v) is 8.15. The van der Waals surface area contributed by atoms with Gasteiger partial charge in [0.15, 0.2) is 0 Å². The summed E-state index contributed by atoms with van der Waals surface area (Å²) in [5, 5.41) is 3.07. The highest BCUT2D eigenvalue weighted by Crippen LogP contribution is 2.43. The first kappa shape index (κ1) is 17.3. The van der Waals surface area contributed by atoms with Crippen LogP contribution in [-0.2, 0) is 4.79 Å². The highest BCUT2D eigenvalue weighted by Gasteiger charge is 2.43. The number of nitrogens with zero attached hydrogens (tertiary/aromatic N) is 2. The zero-order valence-corrected chi connectivity index (χ0v) is 15.9. The van der Waals surface area contributed by atoms with E-state index in [-0.39, 0.29) is 11.9 Å². The van der Waals surface area contributed by atoms with Crippen LogP contribution in [0.25, 0.3) is 0 Å². The molecule has 1 unspecified atom stereocenters. The molecular formula is C23H25N3O2. The van der Waals surface area contributed by atoms with E-state index in [1.165, 1.54) is 5.56 Å². The molecule has 2 aromatic carbocycles. The van der Waals surface area contributed by atoms with Crippen LogP contribution in [0.3, 0.4) is 0 Å². The summed E-state index contributed by atoms with van der Waals surface area (Å²) < 4.78 is 0. The van der Waals surface area contributed by atoms with Crippen molar-refractivity contribution in [2.24, 2.45) is 0 Å². The fourth-order valence-electron chi connectivity index (χ4n) is 5.03. The molecule has 3 heterocycles. The molecule has 0 saturated carbocycles. The predicted molar refractivity (Wildman–Crippen MR) is 109 cm³/mol. The number of piperidine rings is 1. The van der Waals surface area contributed by atoms with E-state index in [9.17, 15) is 9.59 Å². The van der Waals surface area contributed by atoms with Crippen molar-refractivity contribution in [3.05, 3.63) is 60.2 Å². The van der Waals surface area contributed by atoms with Crippen molar-refractivity contribution in [1.82, 2.24) is 4.90 Å². The molecule has 1 N–H and O–H groups in total. The number of β-lactam (4-membered cyclic amide) rings is 1. The van der Waals surface area contributed by atoms with E-state index < -0.39 is 0 Å². The van der Waals surface area contributed by atoms with Crippen molar-refractivity contribution in [2.45, 2.75) is 50.1 Å². The molecule has 5 heteroatoms. The smallest absolute Gasteiger partial charge is 0.319 e. The van der Waals surface area contributed by atoms with Crippen molar-refractivity contribution >= 4 is 23.3 Å². The van der Waals surface area contributed by atoms with E-state index in [2.05, 4.69) is 40.5 Å². The van der Waals surface area contributed by atoms with Crippen molar-refractivity contribution in [2.75, 3.05) is 16.8 Å². The van der Waals surface area contributed by atoms with E-state index in [0.717, 1.165) is 43.6 Å². The van der Waals surface area contributed by atoms with Gasteiger partial charge in [-0.3, -0.25) is 4.79 Å². The van der Waals surface area contributed by atoms with Gasteiger partial charge in [-0.25, -0.2) is 4.79 Å². The molecule has 2 bridgehead atoms. The normalized spacial score (nSPS) is 26.1. The highest BCUT2D eigenvalue weighted by atomic mass is 16.2. The molecular weight excluding hydrogens is 350 g/mol. The zero-order valence-electron chi connectivity index (χ0n) is 15.9. The van der Waals surface area contributed by atoms with Crippen LogP contribution in [0.15, 0.2) is 54.6 Å². The highest BCUT2D eigenvalue weighted by molar-refractivity contribution is 6.00. The second kappa shape index (κ2) is 6.97. The number of anilines is 2. The first-order valence-corrected chi connectivity index (χ1v) is 10.2. The maximum absolute atomic E-state index is 13.0. The molecule has 28 heavy (non-hydrogen) atoms. The number of hydrogen-bond acceptors (Lipinski definition) is 2. The van der Waals surface area contributed by atoms with Gasteiger partial charge in [-0.1, -0.05) is 36.4 Å². The molecule has 5 rings (SSSR count). The quantitative estimate of drug-likeness (QED) is 0.810. The molecule has 0 spiro atoms. The summed E-state index contributed by atoms with van der Waals surface area (Å²) in [7, 11) is 0. The first-order chi connectivity index (χ1) is 13.7. The Morgan fingerprint density at radius 3 is 2.36 bits per heavy atom. The summed E-state index contributed by atoms with van der Waals surface area (Å²) in [4.78, 5) is 28.5. The Kier molecular flexibility index (Phi) is 4.30. The Morgan fingerprint density at radius 1 is 0.964 bits per heavy atom. The zero-order chi connectivity index (χ0) is 19.1. The molecule has 2 aromatic rings. The van der Waals surface area contributed by atoms with Crippen molar-refractivity contribution in [1.29, 1.82) is 0 Å². The number of carbonyl (C=O) groups excluding carboxylic acids is 2. The number of fused-ring (bicyclic) bond motifs is 2. The summed E-state index contributed by atoms with van der Waals surface area (Å²) in [6, 6.07) is 18.9. The van der Waals surface area contributed by atoms with E-state index in [1.54, 1.807) is 4.90 Å². The minimum absolute atomic E-state index is 0.00824. The van der Waals surface area contributed by atoms with Crippen LogP contribution in [0.2, 0.25) is 0 Å². The third-order valence-corrected chi connectivity index (χ3v) is 6.50. The van der Waals surface area contributed by atoms with Crippen LogP contribution in [0.4, 0.5) is 16.2 Å². The number of urea groups is 1. The lowest BCUT2D eigenvalue weighted by atomic mass is 9.85. The summed E-state index contributed by atoms with van der Waals surface area (Å²) in [5.41, 5.74) is 3.01. The molecule has 3 aliphatic heterocycles. The van der Waals surface area contributed by atoms with Gasteiger partial charge in [-0.15, -0.1) is 0 Å². The minimum Gasteiger partial charge on any atom is -0.319 e. The second-order valence-electron chi connectivity index (χ2n) is 8.15. The number of amides is 3. The maximum Gasteiger partial charge on any atom is 0.322 e. The van der Waals surface area contributed by atoms with E-state index in [4.69, 9.17) is 0 Å². The lowest BCUT2D eigenvalue weighted by Gasteiger charge is -2.39. The van der Waals surface area contributed by atoms with Crippen molar-refractivity contribution < 1.29 is 9.59 Å². The monoisotopic (exact) mass is 375 g/mol. The molecule has 5 nitrogen and oxygen atoms in total. The summed E-state index contributed by atoms with van der Waals surface area (Å²) in [6.07, 6.45) is 4.86. The lowest BCUT2D eigenvalue weighted by Crippen LogP contribution is -2.48. The molecule has 3 saturated heterocycles. The molecule has 3 fully saturated rings. The third-order valence-electron chi connectivity index (χ3n) is 6.50. The Balaban J connectivity index is 1.28. The topological polar surface area (TPSA) is 52.7 Å². The van der Waals surface area contributed by atoms with Crippen LogP contribution < -0.4 is 10.2 Å². The third kappa shape index (κ3) is 3.05. The first-order valence-electron chi connectivity index (χ1n) is 10.2. The Bertz CT molecular complexity index is 884. The van der Waals surface area contributed by atoms with Gasteiger partial charge in [-0.05, 0) is 55.4 Å². The molecule has 3 aliphatic rings. The molecule has 144 valence electrons. The van der Waals surface area contributed by atoms with Gasteiger partial charge >= 0.3 is 6.03 Å². The largest absolute Gasteiger partial charge is 0.322 e. The summed E-state index contributed by atoms with van der Waals surface area (Å²) in [5.74, 6) is 0.688. The minimum atomic E-state index is -0.00824. The molecule has 0 radical (unpaired) electrons. The number of carbonyl (C=O) groups is 2. The molecule has 3 amide bonds. The fraction of sp³-hybridized carbons (Fsp3) is 0.391. The Hall–Kier alpha value is -2.82. The van der Waals surface area contributed by atoms with Gasteiger partial charge in [0.25, 0.3) is 0 Å². The van der Waals surface area contributed by atoms with Crippen LogP contribution >= 0.6 is 0 Å². The van der Waals surface area contributed by atoms with Gasteiger partial charge < -0.3 is 15.1 Å². The van der Waals surface area contributed by atoms with Crippen LogP contribution in [0, 0.1) is 0 Å². The van der Waals surface area contributed by atoms with Gasteiger partial charge in [0.2, 0.25) is 5.91 Å². The predicted octanol–water partition coefficient (Wildman–Crippen LogP) is 4.37. The van der Waals surface area contributed by atoms with Crippen molar-refractivity contribution in [3.63, 3.8) is 0 Å². The standard InChI is InChI=1S/C23H25N3O2/c27-22-11-12-25(22)19-8-4-7-18(15-19)24-23(28)26-20-9-10-21(26)14-17(13-20)16-5-2-1-3-6-16/h1-8,15,17,20-21H,9-14H2,(H,24,28)/t17?,20-,21+. The van der Waals surface area contributed by atoms with E-state index >= 15 is 0 Å². The lowest BCUT2D eigenvalue weighted by molar-refractivity contribution is -0.122. The Morgan fingerprint density at radius 2 is 1.71 bits per heavy atom. The Labute approximate surface area is 165 Å². The molecule has 0 aromatic heterocycles. The maximum atomic E-state index is 13.0. The number of rotatable bonds is 3. The van der Waals surface area contributed by atoms with Crippen LogP contribution in [0.1, 0.15) is 43.6 Å². The SMILES string of the molecule is O=C1CCN1c1cccc(NC(=O)N2[C@@H]3CC[C@H]2CC(c2ccccc2)C3)c1. The van der Waals surface area contributed by atoms with Gasteiger partial charge in [-0.2, -0.15) is 0 Å². The van der Waals surface area contributed by atoms with Gasteiger partial charge in [0, 0.05) is 36.4 Å². The average molecular weight is 375 g/mol. The number of benzene rings is 2. The van der Waals surface area contributed by atoms with E-state index in [0.29, 0.717) is 24.4 Å². The van der Waals surface area contributed by atoms with Crippen LogP contribution in [0.5, 0.6) is 0 Å². The summed E-state index contributed by atoms with van der Waals surface area (Å²) >= 11 is 0. The molecule has 0 aliphatic carbocycles. The van der Waals surface area contributed by atoms with E-state index in [1.807, 2.05) is 24.3 Å². The van der Waals surface area contributed by atoms with Crippen LogP contribution in [-0.4, -0.2) is 35.5 Å². The molecule has 3 atom stereocenters. The van der Waals surface area contributed by atoms with Crippen molar-refractivity contribution in [3.8, 4) is 0 Å². The van der Waals surface area contributed by atoms with Gasteiger partial charge in [0.1, 0.15) is 0 Å². The number of nitrogens with one attached hydrogen (secondary N) is 1. The average Bonchev–Trinajstić information content (AvgIpc) is 2.97. The summed E-state index contributed by atoms with van der Waals surface area (Å²) in [6.45, 7) is 0.757. The van der Waals surface area contributed by atoms with Gasteiger partial charge in [0.05, 0.1) is 0 Å². The fourth-order valence-corrected chi connectivity index (χ4v) is 5.03.